The molecule has 0 aliphatic rings. The van der Waals surface area contributed by atoms with E-state index in [1.165, 1.54) is 32.1 Å². The van der Waals surface area contributed by atoms with Gasteiger partial charge in [-0.15, -0.1) is 0 Å². The summed E-state index contributed by atoms with van der Waals surface area (Å²) < 4.78 is 16.6. The highest BCUT2D eigenvalue weighted by molar-refractivity contribution is 14.1. The number of hydrogen-bond acceptors (Lipinski definition) is 5. The molecule has 0 spiro atoms. The molecule has 0 saturated heterocycles. The molecule has 0 fully saturated rings. The molecule has 0 heterocycles. The van der Waals surface area contributed by atoms with E-state index in [1.54, 1.807) is 7.11 Å². The lowest BCUT2D eigenvalue weighted by molar-refractivity contribution is -0.146. The van der Waals surface area contributed by atoms with Crippen molar-refractivity contribution in [3.63, 3.8) is 0 Å². The molecule has 0 aromatic heterocycles. The van der Waals surface area contributed by atoms with Crippen LogP contribution in [-0.4, -0.2) is 25.7 Å². The second kappa shape index (κ2) is 15.6. The van der Waals surface area contributed by atoms with Crippen molar-refractivity contribution in [3.8, 4) is 5.75 Å². The highest BCUT2D eigenvalue weighted by Gasteiger charge is 2.08. The third-order valence-corrected chi connectivity index (χ3v) is 5.23. The molecule has 5 nitrogen and oxygen atoms in total. The van der Waals surface area contributed by atoms with Gasteiger partial charge in [0.15, 0.2) is 0 Å². The van der Waals surface area contributed by atoms with Crippen molar-refractivity contribution >= 4 is 34.5 Å². The second-order valence-corrected chi connectivity index (χ2v) is 7.99. The molecule has 1 aromatic carbocycles. The molecular formula is C22H33IO5. The van der Waals surface area contributed by atoms with Crippen LogP contribution in [0.3, 0.4) is 0 Å². The molecule has 0 amide bonds. The fourth-order valence-corrected chi connectivity index (χ4v) is 3.53. The number of benzene rings is 1. The normalized spacial score (nSPS) is 10.5. The maximum Gasteiger partial charge on any atom is 0.306 e. The number of unbranched alkanes of at least 4 members (excludes halogenated alkanes) is 6. The predicted molar refractivity (Wildman–Crippen MR) is 118 cm³/mol. The molecule has 0 aliphatic carbocycles. The topological polar surface area (TPSA) is 61.8 Å². The maximum absolute atomic E-state index is 11.8. The van der Waals surface area contributed by atoms with Crippen LogP contribution >= 0.6 is 22.6 Å². The van der Waals surface area contributed by atoms with E-state index in [-0.39, 0.29) is 31.4 Å². The van der Waals surface area contributed by atoms with Crippen molar-refractivity contribution in [3.05, 3.63) is 27.3 Å². The first kappa shape index (κ1) is 24.7. The first-order valence-corrected chi connectivity index (χ1v) is 11.3. The average molecular weight is 504 g/mol. The Morgan fingerprint density at radius 1 is 0.893 bits per heavy atom. The van der Waals surface area contributed by atoms with Crippen LogP contribution in [0.25, 0.3) is 0 Å². The van der Waals surface area contributed by atoms with Gasteiger partial charge in [0.1, 0.15) is 12.4 Å². The van der Waals surface area contributed by atoms with Crippen molar-refractivity contribution < 1.29 is 23.8 Å². The zero-order valence-electron chi connectivity index (χ0n) is 17.1. The van der Waals surface area contributed by atoms with Gasteiger partial charge in [-0.1, -0.05) is 51.5 Å². The van der Waals surface area contributed by atoms with E-state index in [4.69, 9.17) is 14.2 Å². The van der Waals surface area contributed by atoms with Crippen molar-refractivity contribution in [2.45, 2.75) is 77.7 Å². The Bertz CT molecular complexity index is 588. The van der Waals surface area contributed by atoms with E-state index >= 15 is 0 Å². The Hall–Kier alpha value is -1.31. The number of rotatable bonds is 15. The largest absolute Gasteiger partial charge is 0.496 e. The Morgan fingerprint density at radius 3 is 2.18 bits per heavy atom. The predicted octanol–water partition coefficient (Wildman–Crippen LogP) is 5.81. The smallest absolute Gasteiger partial charge is 0.306 e. The van der Waals surface area contributed by atoms with Gasteiger partial charge in [0.25, 0.3) is 0 Å². The third kappa shape index (κ3) is 11.5. The van der Waals surface area contributed by atoms with Gasteiger partial charge in [0.2, 0.25) is 0 Å². The van der Waals surface area contributed by atoms with Gasteiger partial charge in [-0.2, -0.15) is 0 Å². The summed E-state index contributed by atoms with van der Waals surface area (Å²) in [5, 5.41) is 0. The average Bonchev–Trinajstić information content (AvgIpc) is 2.68. The van der Waals surface area contributed by atoms with Crippen molar-refractivity contribution in [1.29, 1.82) is 0 Å². The van der Waals surface area contributed by atoms with Gasteiger partial charge in [-0.3, -0.25) is 9.59 Å². The molecule has 0 aliphatic heterocycles. The quantitative estimate of drug-likeness (QED) is 0.172. The summed E-state index contributed by atoms with van der Waals surface area (Å²) in [5.41, 5.74) is 0.910. The van der Waals surface area contributed by atoms with Gasteiger partial charge < -0.3 is 14.2 Å². The number of halogens is 1. The highest BCUT2D eigenvalue weighted by Crippen LogP contribution is 2.22. The van der Waals surface area contributed by atoms with Gasteiger partial charge in [-0.05, 0) is 53.1 Å². The van der Waals surface area contributed by atoms with Crippen molar-refractivity contribution in [2.24, 2.45) is 0 Å². The molecule has 0 saturated carbocycles. The lowest BCUT2D eigenvalue weighted by Crippen LogP contribution is -2.09. The van der Waals surface area contributed by atoms with Crippen molar-refractivity contribution in [2.75, 3.05) is 13.7 Å². The number of carbonyl (C=O) groups excluding carboxylic acids is 2. The minimum absolute atomic E-state index is 0.222. The van der Waals surface area contributed by atoms with Crippen LogP contribution < -0.4 is 4.74 Å². The summed E-state index contributed by atoms with van der Waals surface area (Å²) in [6.45, 7) is 2.91. The molecule has 0 N–H and O–H groups in total. The van der Waals surface area contributed by atoms with Crippen LogP contribution in [0.4, 0.5) is 0 Å². The summed E-state index contributed by atoms with van der Waals surface area (Å²) >= 11 is 2.18. The Labute approximate surface area is 182 Å². The number of esters is 2. The van der Waals surface area contributed by atoms with Gasteiger partial charge in [0, 0.05) is 12.8 Å². The standard InChI is InChI=1S/C22H33IO5/c1-3-4-5-6-7-8-9-15-27-21(24)11-10-12-22(25)28-17-18-13-14-20(26-2)19(23)16-18/h13-14,16H,3-12,15,17H2,1-2H3. The van der Waals surface area contributed by atoms with Gasteiger partial charge in [0.05, 0.1) is 17.3 Å². The van der Waals surface area contributed by atoms with Crippen LogP contribution in [0.2, 0.25) is 0 Å². The molecule has 28 heavy (non-hydrogen) atoms. The van der Waals surface area contributed by atoms with Crippen LogP contribution in [0, 0.1) is 3.57 Å². The van der Waals surface area contributed by atoms with E-state index in [0.29, 0.717) is 13.0 Å². The van der Waals surface area contributed by atoms with Crippen LogP contribution in [-0.2, 0) is 25.7 Å². The lowest BCUT2D eigenvalue weighted by atomic mass is 10.1. The molecule has 1 rings (SSSR count). The second-order valence-electron chi connectivity index (χ2n) is 6.82. The molecular weight excluding hydrogens is 471 g/mol. The van der Waals surface area contributed by atoms with Gasteiger partial charge in [-0.25, -0.2) is 0 Å². The maximum atomic E-state index is 11.8. The minimum Gasteiger partial charge on any atom is -0.496 e. The molecule has 158 valence electrons. The molecule has 0 radical (unpaired) electrons. The van der Waals surface area contributed by atoms with E-state index in [1.807, 2.05) is 18.2 Å². The van der Waals surface area contributed by atoms with Crippen molar-refractivity contribution in [1.82, 2.24) is 0 Å². The Balaban J connectivity index is 2.04. The van der Waals surface area contributed by atoms with E-state index < -0.39 is 0 Å². The molecule has 0 unspecified atom stereocenters. The summed E-state index contributed by atoms with van der Waals surface area (Å²) in [4.78, 5) is 23.5. The number of hydrogen-bond donors (Lipinski definition) is 0. The summed E-state index contributed by atoms with van der Waals surface area (Å²) in [5.74, 6) is 0.264. The minimum atomic E-state index is -0.300. The third-order valence-electron chi connectivity index (χ3n) is 4.39. The SMILES string of the molecule is CCCCCCCCCOC(=O)CCCC(=O)OCc1ccc(OC)c(I)c1. The number of carbonyl (C=O) groups is 2. The zero-order chi connectivity index (χ0) is 20.6. The molecule has 6 heteroatoms. The van der Waals surface area contributed by atoms with Gasteiger partial charge >= 0.3 is 11.9 Å². The monoisotopic (exact) mass is 504 g/mol. The van der Waals surface area contributed by atoms with E-state index in [9.17, 15) is 9.59 Å². The summed E-state index contributed by atoms with van der Waals surface area (Å²) in [7, 11) is 1.62. The summed E-state index contributed by atoms with van der Waals surface area (Å²) in [6.07, 6.45) is 9.28. The Kier molecular flexibility index (Phi) is 13.8. The van der Waals surface area contributed by atoms with Crippen LogP contribution in [0.1, 0.15) is 76.7 Å². The molecule has 0 atom stereocenters. The first-order chi connectivity index (χ1) is 13.6. The van der Waals surface area contributed by atoms with Crippen LogP contribution in [0.5, 0.6) is 5.75 Å². The molecule has 0 bridgehead atoms. The fourth-order valence-electron chi connectivity index (χ4n) is 2.73. The number of methoxy groups -OCH3 is 1. The highest BCUT2D eigenvalue weighted by atomic mass is 127. The lowest BCUT2D eigenvalue weighted by Gasteiger charge is -2.08. The number of ether oxygens (including phenoxy) is 3. The summed E-state index contributed by atoms with van der Waals surface area (Å²) in [6, 6.07) is 5.65. The van der Waals surface area contributed by atoms with Crippen LogP contribution in [0.15, 0.2) is 18.2 Å². The van der Waals surface area contributed by atoms with E-state index in [2.05, 4.69) is 29.5 Å². The first-order valence-electron chi connectivity index (χ1n) is 10.2. The van der Waals surface area contributed by atoms with E-state index in [0.717, 1.165) is 27.7 Å². The molecule has 1 aromatic rings. The zero-order valence-corrected chi connectivity index (χ0v) is 19.3. The Morgan fingerprint density at radius 2 is 1.54 bits per heavy atom. The fraction of sp³-hybridized carbons (Fsp3) is 0.636.